The van der Waals surface area contributed by atoms with Gasteiger partial charge in [-0.1, -0.05) is 26.8 Å². The predicted octanol–water partition coefficient (Wildman–Crippen LogP) is 5.08. The second-order valence-corrected chi connectivity index (χ2v) is 8.05. The predicted molar refractivity (Wildman–Crippen MR) is 90.1 cm³/mol. The number of hydrogen-bond donors (Lipinski definition) is 1. The van der Waals surface area contributed by atoms with Crippen molar-refractivity contribution >= 4 is 5.97 Å². The van der Waals surface area contributed by atoms with Gasteiger partial charge in [0.05, 0.1) is 12.5 Å². The molecule has 3 heteroatoms. The normalized spacial score (nSPS) is 37.1. The molecule has 0 aromatic carbocycles. The van der Waals surface area contributed by atoms with E-state index in [1.54, 1.807) is 6.26 Å². The van der Waals surface area contributed by atoms with E-state index in [9.17, 15) is 9.90 Å². The maximum atomic E-state index is 11.8. The number of furan rings is 1. The molecule has 0 aliphatic heterocycles. The lowest BCUT2D eigenvalue weighted by Gasteiger charge is -2.57. The Labute approximate surface area is 138 Å². The fourth-order valence-electron chi connectivity index (χ4n) is 5.29. The first-order valence-electron chi connectivity index (χ1n) is 8.83. The number of rotatable bonds is 4. The van der Waals surface area contributed by atoms with Gasteiger partial charge in [0.1, 0.15) is 0 Å². The van der Waals surface area contributed by atoms with E-state index in [0.29, 0.717) is 17.4 Å². The van der Waals surface area contributed by atoms with Gasteiger partial charge in [0.25, 0.3) is 0 Å². The Morgan fingerprint density at radius 3 is 2.83 bits per heavy atom. The Morgan fingerprint density at radius 2 is 2.17 bits per heavy atom. The van der Waals surface area contributed by atoms with Crippen LogP contribution in [0.25, 0.3) is 0 Å². The highest BCUT2D eigenvalue weighted by Crippen LogP contribution is 2.61. The molecular weight excluding hydrogens is 288 g/mol. The van der Waals surface area contributed by atoms with Crippen LogP contribution < -0.4 is 0 Å². The van der Waals surface area contributed by atoms with E-state index < -0.39 is 5.97 Å². The molecule has 2 aliphatic rings. The van der Waals surface area contributed by atoms with Crippen LogP contribution in [-0.4, -0.2) is 11.1 Å². The van der Waals surface area contributed by atoms with Crippen LogP contribution in [0.3, 0.4) is 0 Å². The van der Waals surface area contributed by atoms with Crippen molar-refractivity contribution in [3.8, 4) is 0 Å². The number of carbonyl (C=O) groups is 1. The molecule has 1 aromatic rings. The molecule has 23 heavy (non-hydrogen) atoms. The van der Waals surface area contributed by atoms with Gasteiger partial charge >= 0.3 is 5.97 Å². The van der Waals surface area contributed by atoms with Crippen LogP contribution in [0.15, 0.2) is 34.7 Å². The SMILES string of the molecule is CC1CC[C@@]2(C)C(C(=O)O)=CCCC2[C@]1(C)CCc1ccoc1. The van der Waals surface area contributed by atoms with Crippen LogP contribution in [0, 0.1) is 22.7 Å². The second kappa shape index (κ2) is 5.85. The van der Waals surface area contributed by atoms with E-state index in [0.717, 1.165) is 38.5 Å². The lowest BCUT2D eigenvalue weighted by Crippen LogP contribution is -2.51. The van der Waals surface area contributed by atoms with Crippen molar-refractivity contribution in [3.05, 3.63) is 35.8 Å². The van der Waals surface area contributed by atoms with Gasteiger partial charge in [-0.15, -0.1) is 0 Å². The number of hydrogen-bond acceptors (Lipinski definition) is 2. The molecule has 1 N–H and O–H groups in total. The third-order valence-corrected chi connectivity index (χ3v) is 6.97. The minimum absolute atomic E-state index is 0.179. The van der Waals surface area contributed by atoms with Gasteiger partial charge in [-0.05, 0) is 67.4 Å². The van der Waals surface area contributed by atoms with Gasteiger partial charge in [-0.25, -0.2) is 4.79 Å². The molecule has 0 bridgehead atoms. The Hall–Kier alpha value is -1.51. The van der Waals surface area contributed by atoms with Crippen molar-refractivity contribution in [2.24, 2.45) is 22.7 Å². The van der Waals surface area contributed by atoms with Crippen molar-refractivity contribution in [1.29, 1.82) is 0 Å². The lowest BCUT2D eigenvalue weighted by atomic mass is 9.46. The fraction of sp³-hybridized carbons (Fsp3) is 0.650. The highest BCUT2D eigenvalue weighted by molar-refractivity contribution is 5.88. The zero-order valence-electron chi connectivity index (χ0n) is 14.5. The van der Waals surface area contributed by atoms with Gasteiger partial charge in [0.2, 0.25) is 0 Å². The molecule has 0 radical (unpaired) electrons. The maximum Gasteiger partial charge on any atom is 0.331 e. The second-order valence-electron chi connectivity index (χ2n) is 8.05. The van der Waals surface area contributed by atoms with Crippen LogP contribution in [0.1, 0.15) is 58.4 Å². The van der Waals surface area contributed by atoms with E-state index in [4.69, 9.17) is 4.42 Å². The Balaban J connectivity index is 1.89. The molecule has 0 spiro atoms. The van der Waals surface area contributed by atoms with Crippen molar-refractivity contribution < 1.29 is 14.3 Å². The van der Waals surface area contributed by atoms with Crippen LogP contribution in [0.5, 0.6) is 0 Å². The standard InChI is InChI=1S/C20H28O3/c1-14-7-10-20(3)16(18(21)22)5-4-6-17(20)19(14,2)11-8-15-9-12-23-13-15/h5,9,12-14,17H,4,6-8,10-11H2,1-3H3,(H,21,22)/t14?,17?,19-,20+/m1/s1. The molecular formula is C20H28O3. The third kappa shape index (κ3) is 2.64. The van der Waals surface area contributed by atoms with Gasteiger partial charge in [-0.3, -0.25) is 0 Å². The summed E-state index contributed by atoms with van der Waals surface area (Å²) in [6.45, 7) is 6.94. The third-order valence-electron chi connectivity index (χ3n) is 6.97. The summed E-state index contributed by atoms with van der Waals surface area (Å²) in [5.74, 6) is 0.353. The molecule has 2 aliphatic carbocycles. The van der Waals surface area contributed by atoms with Crippen LogP contribution in [0.4, 0.5) is 0 Å². The van der Waals surface area contributed by atoms with Crippen LogP contribution in [0.2, 0.25) is 0 Å². The first kappa shape index (κ1) is 16.4. The zero-order chi connectivity index (χ0) is 16.7. The van der Waals surface area contributed by atoms with Gasteiger partial charge in [0.15, 0.2) is 0 Å². The molecule has 1 aromatic heterocycles. The average molecular weight is 316 g/mol. The maximum absolute atomic E-state index is 11.8. The van der Waals surface area contributed by atoms with Crippen molar-refractivity contribution in [3.63, 3.8) is 0 Å². The minimum Gasteiger partial charge on any atom is -0.478 e. The highest BCUT2D eigenvalue weighted by Gasteiger charge is 2.55. The molecule has 1 saturated carbocycles. The summed E-state index contributed by atoms with van der Waals surface area (Å²) in [7, 11) is 0. The quantitative estimate of drug-likeness (QED) is 0.843. The van der Waals surface area contributed by atoms with Crippen molar-refractivity contribution in [2.45, 2.75) is 59.3 Å². The Morgan fingerprint density at radius 1 is 1.39 bits per heavy atom. The van der Waals surface area contributed by atoms with E-state index >= 15 is 0 Å². The summed E-state index contributed by atoms with van der Waals surface area (Å²) in [6.07, 6.45) is 11.8. The first-order valence-corrected chi connectivity index (χ1v) is 8.83. The van der Waals surface area contributed by atoms with Crippen molar-refractivity contribution in [2.75, 3.05) is 0 Å². The number of carboxylic acids is 1. The molecule has 3 rings (SSSR count). The van der Waals surface area contributed by atoms with Gasteiger partial charge in [-0.2, -0.15) is 0 Å². The highest BCUT2D eigenvalue weighted by atomic mass is 16.4. The molecule has 3 nitrogen and oxygen atoms in total. The fourth-order valence-corrected chi connectivity index (χ4v) is 5.29. The summed E-state index contributed by atoms with van der Waals surface area (Å²) in [5.41, 5.74) is 1.91. The van der Waals surface area contributed by atoms with Crippen molar-refractivity contribution in [1.82, 2.24) is 0 Å². The smallest absolute Gasteiger partial charge is 0.331 e. The molecule has 126 valence electrons. The minimum atomic E-state index is -0.719. The lowest BCUT2D eigenvalue weighted by molar-refractivity contribution is -0.137. The zero-order valence-corrected chi connectivity index (χ0v) is 14.5. The average Bonchev–Trinajstić information content (AvgIpc) is 3.02. The number of fused-ring (bicyclic) bond motifs is 1. The molecule has 1 fully saturated rings. The Bertz CT molecular complexity index is 600. The number of aliphatic carboxylic acids is 1. The van der Waals surface area contributed by atoms with Gasteiger partial charge in [0, 0.05) is 11.0 Å². The summed E-state index contributed by atoms with van der Waals surface area (Å²) in [5, 5.41) is 9.68. The summed E-state index contributed by atoms with van der Waals surface area (Å²) in [4.78, 5) is 11.8. The molecule has 0 amide bonds. The number of aryl methyl sites for hydroxylation is 1. The number of carboxylic acid groups (broad SMARTS) is 1. The largest absolute Gasteiger partial charge is 0.478 e. The number of allylic oxidation sites excluding steroid dienone is 1. The first-order chi connectivity index (χ1) is 10.9. The topological polar surface area (TPSA) is 50.4 Å². The molecule has 2 unspecified atom stereocenters. The molecule has 1 heterocycles. The molecule has 0 saturated heterocycles. The van der Waals surface area contributed by atoms with E-state index in [-0.39, 0.29) is 10.8 Å². The van der Waals surface area contributed by atoms with Crippen LogP contribution in [-0.2, 0) is 11.2 Å². The summed E-state index contributed by atoms with van der Waals surface area (Å²) in [6, 6.07) is 2.04. The Kier molecular flexibility index (Phi) is 4.16. The monoisotopic (exact) mass is 316 g/mol. The van der Waals surface area contributed by atoms with Crippen LogP contribution >= 0.6 is 0 Å². The van der Waals surface area contributed by atoms with E-state index in [1.165, 1.54) is 5.56 Å². The summed E-state index contributed by atoms with van der Waals surface area (Å²) < 4.78 is 5.20. The van der Waals surface area contributed by atoms with E-state index in [2.05, 4.69) is 20.8 Å². The molecule has 4 atom stereocenters. The van der Waals surface area contributed by atoms with E-state index in [1.807, 2.05) is 18.4 Å². The summed E-state index contributed by atoms with van der Waals surface area (Å²) >= 11 is 0. The van der Waals surface area contributed by atoms with Gasteiger partial charge < -0.3 is 9.52 Å².